The zero-order valence-corrected chi connectivity index (χ0v) is 19.5. The van der Waals surface area contributed by atoms with E-state index in [0.717, 1.165) is 45.1 Å². The monoisotopic (exact) mass is 480 g/mol. The average molecular weight is 480 g/mol. The van der Waals surface area contributed by atoms with Crippen LogP contribution in [0.5, 0.6) is 0 Å². The number of hydrogen-bond acceptors (Lipinski definition) is 3. The first-order chi connectivity index (χ1) is 12.2. The molecule has 2 fully saturated rings. The van der Waals surface area contributed by atoms with Crippen molar-refractivity contribution in [3.05, 3.63) is 0 Å². The molecule has 6 heteroatoms. The first kappa shape index (κ1) is 24.0. The first-order valence-electron chi connectivity index (χ1n) is 10.6. The Hall–Kier alpha value is -0.0800. The van der Waals surface area contributed by atoms with E-state index in [4.69, 9.17) is 9.73 Å². The van der Waals surface area contributed by atoms with Crippen molar-refractivity contribution in [1.29, 1.82) is 0 Å². The zero-order valence-electron chi connectivity index (χ0n) is 17.2. The minimum atomic E-state index is 0. The Labute approximate surface area is 178 Å². The van der Waals surface area contributed by atoms with Gasteiger partial charge in [0.1, 0.15) is 0 Å². The number of unbranched alkanes of at least 4 members (excludes halogenated alkanes) is 2. The Balaban J connectivity index is 0.00000338. The highest BCUT2D eigenvalue weighted by Crippen LogP contribution is 2.31. The quantitative estimate of drug-likeness (QED) is 0.228. The summed E-state index contributed by atoms with van der Waals surface area (Å²) in [5.74, 6) is 0.983. The Kier molecular flexibility index (Phi) is 12.1. The molecule has 1 unspecified atom stereocenters. The lowest BCUT2D eigenvalue weighted by atomic mass is 9.88. The summed E-state index contributed by atoms with van der Waals surface area (Å²) in [6, 6.07) is 0.474. The number of nitrogens with zero attached hydrogens (tertiary/aromatic N) is 2. The van der Waals surface area contributed by atoms with Crippen LogP contribution in [-0.2, 0) is 4.74 Å². The Morgan fingerprint density at radius 1 is 1.15 bits per heavy atom. The number of nitrogens with one attached hydrogen (secondary N) is 2. The van der Waals surface area contributed by atoms with Crippen molar-refractivity contribution in [2.75, 3.05) is 39.4 Å². The molecule has 2 saturated heterocycles. The molecule has 0 radical (unpaired) electrons. The predicted octanol–water partition coefficient (Wildman–Crippen LogP) is 3.77. The minimum absolute atomic E-state index is 0. The molecule has 0 bridgehead atoms. The fourth-order valence-electron chi connectivity index (χ4n) is 4.07. The fourth-order valence-corrected chi connectivity index (χ4v) is 4.07. The van der Waals surface area contributed by atoms with Gasteiger partial charge in [-0.2, -0.15) is 0 Å². The van der Waals surface area contributed by atoms with Gasteiger partial charge < -0.3 is 15.4 Å². The van der Waals surface area contributed by atoms with Crippen molar-refractivity contribution >= 4 is 29.9 Å². The Morgan fingerprint density at radius 3 is 2.46 bits per heavy atom. The third kappa shape index (κ3) is 7.50. The molecule has 154 valence electrons. The lowest BCUT2D eigenvalue weighted by Gasteiger charge is -2.43. The van der Waals surface area contributed by atoms with Gasteiger partial charge in [0.25, 0.3) is 0 Å². The second kappa shape index (κ2) is 13.2. The molecule has 2 rings (SSSR count). The van der Waals surface area contributed by atoms with Crippen LogP contribution in [-0.4, -0.2) is 61.8 Å². The van der Waals surface area contributed by atoms with E-state index < -0.39 is 0 Å². The number of ether oxygens (including phenoxy) is 1. The number of hydrogen-bond donors (Lipinski definition) is 2. The largest absolute Gasteiger partial charge is 0.381 e. The van der Waals surface area contributed by atoms with Crippen molar-refractivity contribution < 1.29 is 4.74 Å². The van der Waals surface area contributed by atoms with E-state index in [0.29, 0.717) is 6.04 Å². The van der Waals surface area contributed by atoms with Crippen molar-refractivity contribution in [1.82, 2.24) is 15.5 Å². The SMILES string of the molecule is CCCCCC(C)NC(=NCC1(N2CCCC2)CCOCC1)NCC.I. The molecule has 2 heterocycles. The van der Waals surface area contributed by atoms with Gasteiger partial charge >= 0.3 is 0 Å². The lowest BCUT2D eigenvalue weighted by Crippen LogP contribution is -2.54. The molecule has 2 N–H and O–H groups in total. The van der Waals surface area contributed by atoms with E-state index in [1.54, 1.807) is 0 Å². The molecule has 2 aliphatic heterocycles. The van der Waals surface area contributed by atoms with E-state index in [1.165, 1.54) is 51.6 Å². The highest BCUT2D eigenvalue weighted by molar-refractivity contribution is 14.0. The predicted molar refractivity (Wildman–Crippen MR) is 122 cm³/mol. The number of likely N-dealkylation sites (tertiary alicyclic amines) is 1. The maximum absolute atomic E-state index is 5.65. The topological polar surface area (TPSA) is 48.9 Å². The summed E-state index contributed by atoms with van der Waals surface area (Å²) in [6.07, 6.45) is 9.99. The van der Waals surface area contributed by atoms with Crippen LogP contribution in [0.2, 0.25) is 0 Å². The van der Waals surface area contributed by atoms with E-state index in [1.807, 2.05) is 0 Å². The van der Waals surface area contributed by atoms with Crippen LogP contribution >= 0.6 is 24.0 Å². The molecular formula is C20H41IN4O. The zero-order chi connectivity index (χ0) is 18.0. The van der Waals surface area contributed by atoms with Gasteiger partial charge in [-0.25, -0.2) is 0 Å². The fraction of sp³-hybridized carbons (Fsp3) is 0.950. The molecular weight excluding hydrogens is 439 g/mol. The molecule has 0 spiro atoms. The molecule has 1 atom stereocenters. The van der Waals surface area contributed by atoms with E-state index in [-0.39, 0.29) is 29.5 Å². The van der Waals surface area contributed by atoms with Crippen LogP contribution in [0.4, 0.5) is 0 Å². The van der Waals surface area contributed by atoms with Crippen LogP contribution in [0.1, 0.15) is 72.1 Å². The molecule has 5 nitrogen and oxygen atoms in total. The number of halogens is 1. The standard InChI is InChI=1S/C20H40N4O.HI/c1-4-6-7-10-18(3)23-19(21-5-2)22-17-20(11-15-25-16-12-20)24-13-8-9-14-24;/h18H,4-17H2,1-3H3,(H2,21,22,23);1H. The maximum atomic E-state index is 5.65. The van der Waals surface area contributed by atoms with E-state index in [9.17, 15) is 0 Å². The summed E-state index contributed by atoms with van der Waals surface area (Å²) in [5.41, 5.74) is 0.211. The summed E-state index contributed by atoms with van der Waals surface area (Å²) in [6.45, 7) is 12.7. The second-order valence-corrected chi connectivity index (χ2v) is 7.77. The van der Waals surface area contributed by atoms with Gasteiger partial charge in [0.15, 0.2) is 5.96 Å². The van der Waals surface area contributed by atoms with Gasteiger partial charge in [-0.05, 0) is 59.0 Å². The summed E-state index contributed by atoms with van der Waals surface area (Å²) in [5, 5.41) is 7.05. The summed E-state index contributed by atoms with van der Waals surface area (Å²) in [7, 11) is 0. The number of rotatable bonds is 9. The van der Waals surface area contributed by atoms with Crippen LogP contribution in [0.3, 0.4) is 0 Å². The average Bonchev–Trinajstić information content (AvgIpc) is 3.16. The lowest BCUT2D eigenvalue weighted by molar-refractivity contribution is -0.0139. The molecule has 0 saturated carbocycles. The second-order valence-electron chi connectivity index (χ2n) is 7.77. The summed E-state index contributed by atoms with van der Waals surface area (Å²) >= 11 is 0. The summed E-state index contributed by atoms with van der Waals surface area (Å²) in [4.78, 5) is 7.71. The molecule has 0 aromatic carbocycles. The number of aliphatic imine (C=N–C) groups is 1. The van der Waals surface area contributed by atoms with Crippen LogP contribution < -0.4 is 10.6 Å². The first-order valence-corrected chi connectivity index (χ1v) is 10.6. The molecule has 26 heavy (non-hydrogen) atoms. The van der Waals surface area contributed by atoms with Crippen LogP contribution in [0, 0.1) is 0 Å². The van der Waals surface area contributed by atoms with Crippen LogP contribution in [0.15, 0.2) is 4.99 Å². The van der Waals surface area contributed by atoms with Crippen LogP contribution in [0.25, 0.3) is 0 Å². The number of guanidine groups is 1. The van der Waals surface area contributed by atoms with Crippen molar-refractivity contribution in [3.63, 3.8) is 0 Å². The maximum Gasteiger partial charge on any atom is 0.191 e. The van der Waals surface area contributed by atoms with Crippen molar-refractivity contribution in [3.8, 4) is 0 Å². The van der Waals surface area contributed by atoms with Gasteiger partial charge in [0.2, 0.25) is 0 Å². The van der Waals surface area contributed by atoms with Crippen molar-refractivity contribution in [2.45, 2.75) is 83.7 Å². The van der Waals surface area contributed by atoms with Gasteiger partial charge in [-0.1, -0.05) is 26.2 Å². The third-order valence-corrected chi connectivity index (χ3v) is 5.70. The summed E-state index contributed by atoms with van der Waals surface area (Å²) < 4.78 is 5.65. The Bertz CT molecular complexity index is 393. The smallest absolute Gasteiger partial charge is 0.191 e. The Morgan fingerprint density at radius 2 is 1.85 bits per heavy atom. The normalized spacial score (nSPS) is 21.9. The molecule has 0 amide bonds. The van der Waals surface area contributed by atoms with Gasteiger partial charge in [0, 0.05) is 31.3 Å². The molecule has 0 aromatic rings. The molecule has 2 aliphatic rings. The van der Waals surface area contributed by atoms with Crippen molar-refractivity contribution in [2.24, 2.45) is 4.99 Å². The van der Waals surface area contributed by atoms with Gasteiger partial charge in [-0.15, -0.1) is 24.0 Å². The van der Waals surface area contributed by atoms with Gasteiger partial charge in [0.05, 0.1) is 6.54 Å². The van der Waals surface area contributed by atoms with Gasteiger partial charge in [-0.3, -0.25) is 9.89 Å². The third-order valence-electron chi connectivity index (χ3n) is 5.70. The highest BCUT2D eigenvalue weighted by atomic mass is 127. The minimum Gasteiger partial charge on any atom is -0.381 e. The van der Waals surface area contributed by atoms with E-state index in [2.05, 4.69) is 36.3 Å². The molecule has 0 aliphatic carbocycles. The molecule has 0 aromatic heterocycles. The van der Waals surface area contributed by atoms with E-state index >= 15 is 0 Å². The highest BCUT2D eigenvalue weighted by Gasteiger charge is 2.39.